The summed E-state index contributed by atoms with van der Waals surface area (Å²) in [6, 6.07) is 0.532. The molecule has 3 atom stereocenters. The zero-order valence-electron chi connectivity index (χ0n) is 12.9. The van der Waals surface area contributed by atoms with E-state index in [2.05, 4.69) is 10.6 Å². The van der Waals surface area contributed by atoms with Gasteiger partial charge in [0.2, 0.25) is 5.91 Å². The van der Waals surface area contributed by atoms with E-state index in [-0.39, 0.29) is 12.4 Å². The van der Waals surface area contributed by atoms with Crippen LogP contribution >= 0.6 is 12.4 Å². The minimum absolute atomic E-state index is 0. The van der Waals surface area contributed by atoms with Crippen molar-refractivity contribution < 1.29 is 4.79 Å². The molecule has 0 aromatic heterocycles. The van der Waals surface area contributed by atoms with Crippen molar-refractivity contribution in [1.82, 2.24) is 10.6 Å². The lowest BCUT2D eigenvalue weighted by molar-refractivity contribution is -0.123. The van der Waals surface area contributed by atoms with E-state index in [0.717, 1.165) is 31.3 Å². The number of hydrogen-bond acceptors (Lipinski definition) is 2. The fourth-order valence-corrected chi connectivity index (χ4v) is 4.94. The Hall–Kier alpha value is -0.280. The number of carbonyl (C=O) groups is 1. The molecule has 0 bridgehead atoms. The molecule has 3 unspecified atom stereocenters. The van der Waals surface area contributed by atoms with Crippen LogP contribution in [0.1, 0.15) is 57.8 Å². The van der Waals surface area contributed by atoms with Crippen molar-refractivity contribution in [2.75, 3.05) is 13.1 Å². The number of rotatable bonds is 3. The minimum Gasteiger partial charge on any atom is -0.353 e. The van der Waals surface area contributed by atoms with E-state index in [4.69, 9.17) is 0 Å². The van der Waals surface area contributed by atoms with E-state index in [0.29, 0.717) is 23.3 Å². The van der Waals surface area contributed by atoms with Crippen molar-refractivity contribution >= 4 is 18.3 Å². The van der Waals surface area contributed by atoms with Crippen LogP contribution < -0.4 is 10.6 Å². The van der Waals surface area contributed by atoms with Gasteiger partial charge in [0.25, 0.3) is 0 Å². The van der Waals surface area contributed by atoms with Gasteiger partial charge in [0.1, 0.15) is 0 Å². The number of piperidine rings is 1. The van der Waals surface area contributed by atoms with Crippen molar-refractivity contribution in [2.24, 2.45) is 23.2 Å². The maximum absolute atomic E-state index is 12.4. The summed E-state index contributed by atoms with van der Waals surface area (Å²) < 4.78 is 0. The van der Waals surface area contributed by atoms with Gasteiger partial charge in [-0.05, 0) is 56.0 Å². The Morgan fingerprint density at radius 1 is 1.10 bits per heavy atom. The summed E-state index contributed by atoms with van der Waals surface area (Å²) in [6.45, 7) is 2.22. The van der Waals surface area contributed by atoms with Crippen LogP contribution in [0.5, 0.6) is 0 Å². The van der Waals surface area contributed by atoms with Crippen molar-refractivity contribution in [3.05, 3.63) is 0 Å². The Labute approximate surface area is 134 Å². The molecule has 1 aliphatic heterocycles. The van der Waals surface area contributed by atoms with Crippen LogP contribution in [0, 0.1) is 23.2 Å². The third kappa shape index (κ3) is 3.10. The first-order valence-corrected chi connectivity index (χ1v) is 8.80. The van der Waals surface area contributed by atoms with E-state index in [1.807, 2.05) is 0 Å². The van der Waals surface area contributed by atoms with E-state index >= 15 is 0 Å². The first kappa shape index (κ1) is 15.6. The third-order valence-corrected chi connectivity index (χ3v) is 6.53. The monoisotopic (exact) mass is 312 g/mol. The van der Waals surface area contributed by atoms with Gasteiger partial charge in [-0.1, -0.05) is 32.1 Å². The molecule has 2 N–H and O–H groups in total. The Bertz CT molecular complexity index is 388. The summed E-state index contributed by atoms with van der Waals surface area (Å²) in [5, 5.41) is 6.79. The first-order valence-electron chi connectivity index (χ1n) is 8.80. The molecule has 3 nitrogen and oxygen atoms in total. The second-order valence-electron chi connectivity index (χ2n) is 7.78. The van der Waals surface area contributed by atoms with Gasteiger partial charge in [0.05, 0.1) is 0 Å². The maximum Gasteiger partial charge on any atom is 0.223 e. The Balaban J connectivity index is 0.00000132. The Morgan fingerprint density at radius 2 is 1.81 bits per heavy atom. The second-order valence-corrected chi connectivity index (χ2v) is 7.78. The van der Waals surface area contributed by atoms with Gasteiger partial charge in [0, 0.05) is 12.0 Å². The van der Waals surface area contributed by atoms with Gasteiger partial charge in [-0.25, -0.2) is 0 Å². The molecule has 120 valence electrons. The second kappa shape index (κ2) is 6.08. The summed E-state index contributed by atoms with van der Waals surface area (Å²) in [7, 11) is 0. The van der Waals surface area contributed by atoms with Crippen molar-refractivity contribution in [3.63, 3.8) is 0 Å². The fraction of sp³-hybridized carbons (Fsp3) is 0.941. The fourth-order valence-electron chi connectivity index (χ4n) is 4.94. The van der Waals surface area contributed by atoms with E-state index in [1.165, 1.54) is 51.4 Å². The number of amides is 1. The predicted molar refractivity (Wildman–Crippen MR) is 86.5 cm³/mol. The third-order valence-electron chi connectivity index (χ3n) is 6.53. The standard InChI is InChI=1S/C17H28N2O.ClH/c20-16(14-11-17(14)6-8-18-9-7-17)19-15-10-13(15)12-4-2-1-3-5-12;/h12-15,18H,1-11H2,(H,19,20);1H. The number of hydrogen-bond donors (Lipinski definition) is 2. The summed E-state index contributed by atoms with van der Waals surface area (Å²) in [5.74, 6) is 2.47. The van der Waals surface area contributed by atoms with Gasteiger partial charge in [-0.3, -0.25) is 4.79 Å². The molecule has 4 rings (SSSR count). The molecule has 0 radical (unpaired) electrons. The molecular weight excluding hydrogens is 284 g/mol. The highest BCUT2D eigenvalue weighted by atomic mass is 35.5. The summed E-state index contributed by atoms with van der Waals surface area (Å²) in [5.41, 5.74) is 0.393. The molecule has 3 saturated carbocycles. The topological polar surface area (TPSA) is 41.1 Å². The van der Waals surface area contributed by atoms with Gasteiger partial charge < -0.3 is 10.6 Å². The van der Waals surface area contributed by atoms with Crippen LogP contribution in [0.3, 0.4) is 0 Å². The highest BCUT2D eigenvalue weighted by Crippen LogP contribution is 2.59. The van der Waals surface area contributed by atoms with Crippen LogP contribution in [0.2, 0.25) is 0 Å². The van der Waals surface area contributed by atoms with Crippen molar-refractivity contribution in [2.45, 2.75) is 63.8 Å². The molecule has 1 saturated heterocycles. The number of nitrogens with one attached hydrogen (secondary N) is 2. The van der Waals surface area contributed by atoms with E-state index in [9.17, 15) is 4.79 Å². The molecule has 0 aromatic rings. The molecule has 3 aliphatic carbocycles. The molecule has 0 aromatic carbocycles. The zero-order valence-corrected chi connectivity index (χ0v) is 13.7. The highest BCUT2D eigenvalue weighted by Gasteiger charge is 2.58. The average molecular weight is 313 g/mol. The quantitative estimate of drug-likeness (QED) is 0.841. The van der Waals surface area contributed by atoms with Crippen LogP contribution in [-0.2, 0) is 4.79 Å². The van der Waals surface area contributed by atoms with Gasteiger partial charge in [-0.15, -0.1) is 12.4 Å². The van der Waals surface area contributed by atoms with Gasteiger partial charge in [0.15, 0.2) is 0 Å². The normalized spacial score (nSPS) is 37.6. The smallest absolute Gasteiger partial charge is 0.223 e. The zero-order chi connectivity index (χ0) is 13.6. The van der Waals surface area contributed by atoms with E-state index in [1.54, 1.807) is 0 Å². The van der Waals surface area contributed by atoms with Crippen molar-refractivity contribution in [3.8, 4) is 0 Å². The lowest BCUT2D eigenvalue weighted by Gasteiger charge is -2.23. The SMILES string of the molecule is Cl.O=C(NC1CC1C1CCCCC1)C1CC12CCNCC2. The molecule has 1 heterocycles. The Kier molecular flexibility index (Phi) is 4.52. The summed E-state index contributed by atoms with van der Waals surface area (Å²) in [4.78, 5) is 12.4. The molecule has 1 amide bonds. The molecular formula is C17H29ClN2O. The molecule has 1 spiro atoms. The molecule has 21 heavy (non-hydrogen) atoms. The van der Waals surface area contributed by atoms with Crippen LogP contribution in [0.25, 0.3) is 0 Å². The number of carbonyl (C=O) groups excluding carboxylic acids is 1. The van der Waals surface area contributed by atoms with Gasteiger partial charge >= 0.3 is 0 Å². The molecule has 4 aliphatic rings. The van der Waals surface area contributed by atoms with E-state index < -0.39 is 0 Å². The van der Waals surface area contributed by atoms with Crippen LogP contribution in [0.4, 0.5) is 0 Å². The first-order chi connectivity index (χ1) is 9.78. The Morgan fingerprint density at radius 3 is 2.52 bits per heavy atom. The predicted octanol–water partition coefficient (Wildman–Crippen LogP) is 2.88. The largest absolute Gasteiger partial charge is 0.353 e. The maximum atomic E-state index is 12.4. The van der Waals surface area contributed by atoms with Crippen LogP contribution in [-0.4, -0.2) is 25.0 Å². The van der Waals surface area contributed by atoms with Crippen molar-refractivity contribution in [1.29, 1.82) is 0 Å². The summed E-state index contributed by atoms with van der Waals surface area (Å²) in [6.07, 6.45) is 11.9. The van der Waals surface area contributed by atoms with Crippen LogP contribution in [0.15, 0.2) is 0 Å². The highest BCUT2D eigenvalue weighted by molar-refractivity contribution is 5.85. The molecule has 4 heteroatoms. The molecule has 4 fully saturated rings. The average Bonchev–Trinajstić information content (AvgIpc) is 3.38. The lowest BCUT2D eigenvalue weighted by Crippen LogP contribution is -2.35. The van der Waals surface area contributed by atoms with Gasteiger partial charge in [-0.2, -0.15) is 0 Å². The number of halogens is 1. The minimum atomic E-state index is 0. The summed E-state index contributed by atoms with van der Waals surface area (Å²) >= 11 is 0. The lowest BCUT2D eigenvalue weighted by atomic mass is 9.85.